The summed E-state index contributed by atoms with van der Waals surface area (Å²) < 4.78 is 5.29. The van der Waals surface area contributed by atoms with Crippen molar-refractivity contribution in [2.24, 2.45) is 0 Å². The first-order valence-corrected chi connectivity index (χ1v) is 8.41. The number of aliphatic carboxylic acids is 1. The summed E-state index contributed by atoms with van der Waals surface area (Å²) >= 11 is 0. The molecule has 0 aliphatic carbocycles. The van der Waals surface area contributed by atoms with E-state index in [0.717, 1.165) is 33.5 Å². The van der Waals surface area contributed by atoms with Crippen molar-refractivity contribution in [1.82, 2.24) is 5.32 Å². The largest absolute Gasteiger partial charge is 0.481 e. The molecule has 140 valence electrons. The zero-order valence-electron chi connectivity index (χ0n) is 16.3. The molecule has 1 aromatic carbocycles. The first-order valence-electron chi connectivity index (χ1n) is 8.41. The lowest BCUT2D eigenvalue weighted by molar-refractivity contribution is -0.153. The Balaban J connectivity index is 3.02. The summed E-state index contributed by atoms with van der Waals surface area (Å²) in [5.41, 5.74) is 5.22. The number of benzene rings is 1. The highest BCUT2D eigenvalue weighted by Crippen LogP contribution is 2.31. The third kappa shape index (κ3) is 5.74. The normalized spacial score (nSPS) is 11.3. The van der Waals surface area contributed by atoms with Crippen molar-refractivity contribution in [2.75, 3.05) is 18.9 Å². The van der Waals surface area contributed by atoms with E-state index in [1.165, 1.54) is 0 Å². The lowest BCUT2D eigenvalue weighted by Gasteiger charge is -2.22. The van der Waals surface area contributed by atoms with Crippen LogP contribution in [0.4, 0.5) is 5.69 Å². The summed E-state index contributed by atoms with van der Waals surface area (Å²) in [6.07, 6.45) is -0.0221. The Morgan fingerprint density at radius 3 is 2.08 bits per heavy atom. The van der Waals surface area contributed by atoms with Gasteiger partial charge in [-0.1, -0.05) is 0 Å². The molecule has 1 rings (SSSR count). The van der Waals surface area contributed by atoms with E-state index in [0.29, 0.717) is 6.54 Å². The second kappa shape index (κ2) is 8.34. The Labute approximate surface area is 150 Å². The number of hydrogen-bond donors (Lipinski definition) is 3. The standard InChI is InChI=1S/C19H30N2O4/c1-11-14(8-16(22)23)12(2)18(20-7)13(3)15(11)9-21-10-17(24)25-19(4,5)6/h20-21H,8-10H2,1-7H3,(H,22,23). The SMILES string of the molecule is CNc1c(C)c(CNCC(=O)OC(C)(C)C)c(C)c(CC(=O)O)c1C. The zero-order chi connectivity index (χ0) is 19.4. The molecule has 0 fully saturated rings. The number of rotatable bonds is 7. The molecule has 0 unspecified atom stereocenters. The molecular weight excluding hydrogens is 320 g/mol. The monoisotopic (exact) mass is 350 g/mol. The third-order valence-corrected chi connectivity index (χ3v) is 4.13. The van der Waals surface area contributed by atoms with Gasteiger partial charge in [-0.15, -0.1) is 0 Å². The van der Waals surface area contributed by atoms with Gasteiger partial charge in [-0.05, 0) is 69.4 Å². The van der Waals surface area contributed by atoms with E-state index in [1.807, 2.05) is 48.6 Å². The van der Waals surface area contributed by atoms with Gasteiger partial charge in [0, 0.05) is 19.3 Å². The van der Waals surface area contributed by atoms with Crippen molar-refractivity contribution < 1.29 is 19.4 Å². The maximum atomic E-state index is 11.8. The van der Waals surface area contributed by atoms with Crippen LogP contribution in [-0.2, 0) is 27.3 Å². The molecule has 0 atom stereocenters. The van der Waals surface area contributed by atoms with E-state index in [1.54, 1.807) is 0 Å². The molecule has 0 heterocycles. The molecule has 0 aliphatic rings. The van der Waals surface area contributed by atoms with Gasteiger partial charge >= 0.3 is 11.9 Å². The quantitative estimate of drug-likeness (QED) is 0.656. The molecule has 1 aromatic rings. The van der Waals surface area contributed by atoms with Crippen LogP contribution in [0.5, 0.6) is 0 Å². The highest BCUT2D eigenvalue weighted by Gasteiger charge is 2.19. The van der Waals surface area contributed by atoms with Gasteiger partial charge in [0.2, 0.25) is 0 Å². The Morgan fingerprint density at radius 2 is 1.60 bits per heavy atom. The minimum Gasteiger partial charge on any atom is -0.481 e. The first kappa shape index (κ1) is 21.0. The number of hydrogen-bond acceptors (Lipinski definition) is 5. The second-order valence-corrected chi connectivity index (χ2v) is 7.22. The Bertz CT molecular complexity index is 661. The predicted molar refractivity (Wildman–Crippen MR) is 99.1 cm³/mol. The average Bonchev–Trinajstić information content (AvgIpc) is 2.45. The third-order valence-electron chi connectivity index (χ3n) is 4.13. The van der Waals surface area contributed by atoms with Crippen molar-refractivity contribution in [1.29, 1.82) is 0 Å². The van der Waals surface area contributed by atoms with Crippen LogP contribution in [0.15, 0.2) is 0 Å². The first-order chi connectivity index (χ1) is 11.5. The maximum absolute atomic E-state index is 11.8. The number of anilines is 1. The van der Waals surface area contributed by atoms with Gasteiger partial charge in [-0.25, -0.2) is 0 Å². The van der Waals surface area contributed by atoms with Crippen molar-refractivity contribution in [3.05, 3.63) is 27.8 Å². The van der Waals surface area contributed by atoms with Gasteiger partial charge in [0.25, 0.3) is 0 Å². The fourth-order valence-electron chi connectivity index (χ4n) is 3.05. The molecule has 0 saturated carbocycles. The van der Waals surface area contributed by atoms with Gasteiger partial charge in [0.15, 0.2) is 0 Å². The molecule has 0 spiro atoms. The molecule has 3 N–H and O–H groups in total. The van der Waals surface area contributed by atoms with E-state index < -0.39 is 11.6 Å². The van der Waals surface area contributed by atoms with E-state index in [2.05, 4.69) is 10.6 Å². The van der Waals surface area contributed by atoms with Crippen LogP contribution in [0.3, 0.4) is 0 Å². The number of carboxylic acids is 1. The highest BCUT2D eigenvalue weighted by molar-refractivity contribution is 5.75. The fraction of sp³-hybridized carbons (Fsp3) is 0.579. The Kier molecular flexibility index (Phi) is 6.99. The maximum Gasteiger partial charge on any atom is 0.320 e. The average molecular weight is 350 g/mol. The Morgan fingerprint density at radius 1 is 1.04 bits per heavy atom. The number of ether oxygens (including phenoxy) is 1. The van der Waals surface area contributed by atoms with Crippen molar-refractivity contribution >= 4 is 17.6 Å². The van der Waals surface area contributed by atoms with Crippen LogP contribution in [-0.4, -0.2) is 36.2 Å². The molecule has 6 nitrogen and oxygen atoms in total. The summed E-state index contributed by atoms with van der Waals surface area (Å²) in [5.74, 6) is -1.17. The summed E-state index contributed by atoms with van der Waals surface area (Å²) in [4.78, 5) is 23.0. The summed E-state index contributed by atoms with van der Waals surface area (Å²) in [6, 6.07) is 0. The van der Waals surface area contributed by atoms with Crippen LogP contribution >= 0.6 is 0 Å². The van der Waals surface area contributed by atoms with Gasteiger partial charge in [0.05, 0.1) is 13.0 Å². The minimum atomic E-state index is -0.857. The molecule has 0 saturated heterocycles. The zero-order valence-corrected chi connectivity index (χ0v) is 16.3. The van der Waals surface area contributed by atoms with Crippen molar-refractivity contribution in [3.63, 3.8) is 0 Å². The molecule has 6 heteroatoms. The molecule has 25 heavy (non-hydrogen) atoms. The number of esters is 1. The van der Waals surface area contributed by atoms with Crippen LogP contribution in [0, 0.1) is 20.8 Å². The van der Waals surface area contributed by atoms with Crippen molar-refractivity contribution in [2.45, 2.75) is 60.1 Å². The van der Waals surface area contributed by atoms with Gasteiger partial charge < -0.3 is 20.5 Å². The number of carbonyl (C=O) groups excluding carboxylic acids is 1. The predicted octanol–water partition coefficient (Wildman–Crippen LogP) is 2.71. The van der Waals surface area contributed by atoms with Crippen LogP contribution in [0.25, 0.3) is 0 Å². The second-order valence-electron chi connectivity index (χ2n) is 7.22. The van der Waals surface area contributed by atoms with Gasteiger partial charge in [0.1, 0.15) is 5.60 Å². The topological polar surface area (TPSA) is 87.7 Å². The van der Waals surface area contributed by atoms with Crippen molar-refractivity contribution in [3.8, 4) is 0 Å². The van der Waals surface area contributed by atoms with E-state index >= 15 is 0 Å². The van der Waals surface area contributed by atoms with Crippen LogP contribution in [0.2, 0.25) is 0 Å². The molecular formula is C19H30N2O4. The molecule has 0 aromatic heterocycles. The summed E-state index contributed by atoms with van der Waals surface area (Å²) in [6.45, 7) is 11.9. The van der Waals surface area contributed by atoms with E-state index in [4.69, 9.17) is 4.74 Å². The Hall–Kier alpha value is -2.08. The lowest BCUT2D eigenvalue weighted by atomic mass is 9.89. The molecule has 0 aliphatic heterocycles. The lowest BCUT2D eigenvalue weighted by Crippen LogP contribution is -2.31. The van der Waals surface area contributed by atoms with Gasteiger partial charge in [-0.3, -0.25) is 9.59 Å². The molecule has 0 bridgehead atoms. The number of carboxylic acid groups (broad SMARTS) is 1. The molecule has 0 amide bonds. The highest BCUT2D eigenvalue weighted by atomic mass is 16.6. The fourth-order valence-corrected chi connectivity index (χ4v) is 3.05. The smallest absolute Gasteiger partial charge is 0.320 e. The molecule has 0 radical (unpaired) electrons. The minimum absolute atomic E-state index is 0.0221. The summed E-state index contributed by atoms with van der Waals surface area (Å²) in [5, 5.41) is 15.5. The number of nitrogens with one attached hydrogen (secondary N) is 2. The number of carbonyl (C=O) groups is 2. The van der Waals surface area contributed by atoms with Gasteiger partial charge in [-0.2, -0.15) is 0 Å². The van der Waals surface area contributed by atoms with Crippen LogP contribution < -0.4 is 10.6 Å². The summed E-state index contributed by atoms with van der Waals surface area (Å²) in [7, 11) is 1.83. The van der Waals surface area contributed by atoms with Crippen LogP contribution in [0.1, 0.15) is 48.6 Å². The van der Waals surface area contributed by atoms with E-state index in [-0.39, 0.29) is 18.9 Å². The van der Waals surface area contributed by atoms with E-state index in [9.17, 15) is 14.7 Å².